The first-order chi connectivity index (χ1) is 42.8. The van der Waals surface area contributed by atoms with Crippen molar-refractivity contribution in [1.29, 1.82) is 0 Å². The van der Waals surface area contributed by atoms with Crippen LogP contribution in [-0.2, 0) is 33.2 Å². The minimum absolute atomic E-state index is 0.158. The molecule has 3 aliphatic rings. The molecule has 3 saturated heterocycles. The van der Waals surface area contributed by atoms with Crippen molar-refractivity contribution < 1.29 is 89.4 Å². The SMILES string of the molecule is CC/C=C\C/C=C\C/C=C\C/C=C\C/C=C\C/C=C\C/C=C\CCCC(=O)NC(COC1OC(CO)C(OC2OC(CO)C(OC3OC(CO)C(O)C(O)C3O)C(O)C2O)C(O)C1O)C(O)/C=C/CCCCCCCCCCCCCCCCCCCC. The molecule has 506 valence electrons. The van der Waals surface area contributed by atoms with E-state index in [0.717, 1.165) is 70.6 Å². The van der Waals surface area contributed by atoms with Gasteiger partial charge in [-0.1, -0.05) is 220 Å². The van der Waals surface area contributed by atoms with Crippen LogP contribution in [0, 0.1) is 0 Å². The fourth-order valence-electron chi connectivity index (χ4n) is 10.7. The molecule has 0 bridgehead atoms. The average molecular weight is 1250 g/mol. The summed E-state index contributed by atoms with van der Waals surface area (Å²) in [6.45, 7) is 1.57. The lowest BCUT2D eigenvalue weighted by Crippen LogP contribution is -2.66. The highest BCUT2D eigenvalue weighted by molar-refractivity contribution is 5.76. The number of nitrogens with one attached hydrogen (secondary N) is 1. The molecule has 0 spiro atoms. The monoisotopic (exact) mass is 1250 g/mol. The number of ether oxygens (including phenoxy) is 6. The highest BCUT2D eigenvalue weighted by Gasteiger charge is 2.53. The Kier molecular flexibility index (Phi) is 45.1. The molecule has 19 heteroatoms. The van der Waals surface area contributed by atoms with Crippen LogP contribution in [0.5, 0.6) is 0 Å². The molecule has 3 fully saturated rings. The summed E-state index contributed by atoms with van der Waals surface area (Å²) in [7, 11) is 0. The second-order valence-electron chi connectivity index (χ2n) is 23.6. The minimum Gasteiger partial charge on any atom is -0.394 e. The van der Waals surface area contributed by atoms with Crippen LogP contribution in [0.3, 0.4) is 0 Å². The molecule has 19 nitrogen and oxygen atoms in total. The van der Waals surface area contributed by atoms with E-state index in [1.54, 1.807) is 6.08 Å². The second kappa shape index (κ2) is 50.3. The molecule has 3 rings (SSSR count). The Balaban J connectivity index is 1.49. The van der Waals surface area contributed by atoms with Gasteiger partial charge in [-0.3, -0.25) is 4.79 Å². The van der Waals surface area contributed by atoms with Crippen molar-refractivity contribution >= 4 is 5.91 Å². The average Bonchev–Trinajstić information content (AvgIpc) is 3.71. The lowest BCUT2D eigenvalue weighted by Gasteiger charge is -2.48. The molecule has 0 aromatic heterocycles. The molecule has 17 atom stereocenters. The number of aliphatic hydroxyl groups is 11. The Bertz CT molecular complexity index is 1970. The van der Waals surface area contributed by atoms with Crippen molar-refractivity contribution in [3.8, 4) is 0 Å². The van der Waals surface area contributed by atoms with Gasteiger partial charge in [0, 0.05) is 6.42 Å². The smallest absolute Gasteiger partial charge is 0.220 e. The number of hydrogen-bond acceptors (Lipinski definition) is 18. The molecule has 12 N–H and O–H groups in total. The number of carbonyl (C=O) groups is 1. The fraction of sp³-hybridized carbons (Fsp3) is 0.754. The van der Waals surface area contributed by atoms with E-state index in [1.807, 2.05) is 12.2 Å². The van der Waals surface area contributed by atoms with Crippen LogP contribution in [0.15, 0.2) is 97.2 Å². The maximum absolute atomic E-state index is 13.4. The maximum atomic E-state index is 13.4. The van der Waals surface area contributed by atoms with Crippen LogP contribution in [0.25, 0.3) is 0 Å². The van der Waals surface area contributed by atoms with Crippen molar-refractivity contribution in [2.75, 3.05) is 26.4 Å². The number of unbranched alkanes of at least 4 members (excludes halogenated alkanes) is 19. The Morgan fingerprint density at radius 3 is 1.22 bits per heavy atom. The van der Waals surface area contributed by atoms with Gasteiger partial charge in [0.05, 0.1) is 38.6 Å². The number of allylic oxidation sites excluding steroid dienone is 15. The van der Waals surface area contributed by atoms with Crippen LogP contribution in [0.4, 0.5) is 0 Å². The topological polar surface area (TPSA) is 307 Å². The van der Waals surface area contributed by atoms with Gasteiger partial charge in [0.2, 0.25) is 5.91 Å². The van der Waals surface area contributed by atoms with Gasteiger partial charge in [-0.15, -0.1) is 0 Å². The molecule has 3 aliphatic heterocycles. The molecule has 0 aromatic rings. The fourth-order valence-corrected chi connectivity index (χ4v) is 10.7. The van der Waals surface area contributed by atoms with Gasteiger partial charge in [0.1, 0.15) is 73.2 Å². The summed E-state index contributed by atoms with van der Waals surface area (Å²) in [5, 5.41) is 120. The number of aliphatic hydroxyl groups excluding tert-OH is 11. The Hall–Kier alpha value is -3.29. The summed E-state index contributed by atoms with van der Waals surface area (Å²) >= 11 is 0. The molecule has 17 unspecified atom stereocenters. The highest BCUT2D eigenvalue weighted by atomic mass is 16.8. The van der Waals surface area contributed by atoms with Crippen molar-refractivity contribution in [3.63, 3.8) is 0 Å². The Morgan fingerprint density at radius 1 is 0.420 bits per heavy atom. The molecule has 0 aliphatic carbocycles. The first-order valence-electron chi connectivity index (χ1n) is 33.5. The van der Waals surface area contributed by atoms with E-state index < -0.39 is 124 Å². The van der Waals surface area contributed by atoms with E-state index in [1.165, 1.54) is 96.3 Å². The zero-order valence-corrected chi connectivity index (χ0v) is 53.2. The zero-order chi connectivity index (χ0) is 64.0. The standard InChI is InChI=1S/C69H117NO18/c1-3-5-7-9-11-13-15-17-19-21-23-25-26-27-29-31-33-35-37-39-41-43-45-47-57(75)70-52(53(74)46-44-42-40-38-36-34-32-30-28-24-22-20-18-16-14-12-10-8-6-4-2)51-83-67-63(81)60(78)65(55(49-72)85-67)88-69-64(82)61(79)66(56(50-73)86-69)87-68-62(80)59(77)58(76)54(48-71)84-68/h5,7,11,13,17,19,23,25,27,29,33,35,39,41,44,46,52-56,58-69,71-74,76-82H,3-4,6,8-10,12,14-16,18,20-22,24,26,28,30-32,34,36-38,40,42-43,45,47-51H2,1-2H3,(H,70,75)/b7-5-,13-11-,19-17-,25-23-,29-27-,35-33-,41-39-,46-44+. The van der Waals surface area contributed by atoms with Gasteiger partial charge in [-0.05, 0) is 70.6 Å². The first-order valence-corrected chi connectivity index (χ1v) is 33.5. The number of rotatable bonds is 49. The first kappa shape index (κ1) is 78.9. The van der Waals surface area contributed by atoms with Gasteiger partial charge >= 0.3 is 0 Å². The van der Waals surface area contributed by atoms with Crippen LogP contribution in [0.1, 0.15) is 200 Å². The van der Waals surface area contributed by atoms with Crippen LogP contribution >= 0.6 is 0 Å². The number of carbonyl (C=O) groups excluding carboxylic acids is 1. The van der Waals surface area contributed by atoms with Gasteiger partial charge in [-0.2, -0.15) is 0 Å². The van der Waals surface area contributed by atoms with Gasteiger partial charge in [0.15, 0.2) is 18.9 Å². The van der Waals surface area contributed by atoms with Gasteiger partial charge < -0.3 is 89.9 Å². The molecule has 1 amide bonds. The third kappa shape index (κ3) is 32.3. The van der Waals surface area contributed by atoms with Crippen LogP contribution < -0.4 is 5.32 Å². The normalized spacial score (nSPS) is 29.0. The summed E-state index contributed by atoms with van der Waals surface area (Å²) in [5.74, 6) is -0.336. The number of hydrogen-bond donors (Lipinski definition) is 12. The van der Waals surface area contributed by atoms with Gasteiger partial charge in [-0.25, -0.2) is 0 Å². The quantitative estimate of drug-likeness (QED) is 0.0202. The van der Waals surface area contributed by atoms with E-state index in [9.17, 15) is 61.0 Å². The summed E-state index contributed by atoms with van der Waals surface area (Å²) in [5.41, 5.74) is 0. The summed E-state index contributed by atoms with van der Waals surface area (Å²) in [4.78, 5) is 13.4. The van der Waals surface area contributed by atoms with Crippen molar-refractivity contribution in [1.82, 2.24) is 5.32 Å². The highest BCUT2D eigenvalue weighted by Crippen LogP contribution is 2.33. The van der Waals surface area contributed by atoms with E-state index in [2.05, 4.69) is 98.2 Å². The van der Waals surface area contributed by atoms with E-state index in [0.29, 0.717) is 12.8 Å². The predicted octanol–water partition coefficient (Wildman–Crippen LogP) is 8.10. The van der Waals surface area contributed by atoms with E-state index >= 15 is 0 Å². The van der Waals surface area contributed by atoms with Gasteiger partial charge in [0.25, 0.3) is 0 Å². The molecule has 88 heavy (non-hydrogen) atoms. The second-order valence-corrected chi connectivity index (χ2v) is 23.6. The lowest BCUT2D eigenvalue weighted by molar-refractivity contribution is -0.379. The number of amides is 1. The molecule has 3 heterocycles. The van der Waals surface area contributed by atoms with Crippen molar-refractivity contribution in [3.05, 3.63) is 97.2 Å². The molecule has 0 aromatic carbocycles. The Labute approximate surface area is 526 Å². The molecule has 0 saturated carbocycles. The van der Waals surface area contributed by atoms with Crippen LogP contribution in [-0.4, -0.2) is 193 Å². The van der Waals surface area contributed by atoms with Crippen molar-refractivity contribution in [2.24, 2.45) is 0 Å². The van der Waals surface area contributed by atoms with Crippen molar-refractivity contribution in [2.45, 2.75) is 304 Å². The summed E-state index contributed by atoms with van der Waals surface area (Å²) in [6.07, 6.45) is 38.1. The molecular weight excluding hydrogens is 1130 g/mol. The van der Waals surface area contributed by atoms with Crippen LogP contribution in [0.2, 0.25) is 0 Å². The third-order valence-electron chi connectivity index (χ3n) is 16.1. The largest absolute Gasteiger partial charge is 0.394 e. The lowest BCUT2D eigenvalue weighted by atomic mass is 9.96. The molecular formula is C69H117NO18. The summed E-state index contributed by atoms with van der Waals surface area (Å²) in [6, 6.07) is -1.01. The van der Waals surface area contributed by atoms with E-state index in [-0.39, 0.29) is 18.9 Å². The summed E-state index contributed by atoms with van der Waals surface area (Å²) < 4.78 is 34.3. The molecule has 0 radical (unpaired) electrons. The minimum atomic E-state index is -1.99. The third-order valence-corrected chi connectivity index (χ3v) is 16.1. The predicted molar refractivity (Wildman–Crippen MR) is 341 cm³/mol. The maximum Gasteiger partial charge on any atom is 0.220 e. The van der Waals surface area contributed by atoms with E-state index in [4.69, 9.17) is 28.4 Å². The Morgan fingerprint density at radius 2 is 0.784 bits per heavy atom. The zero-order valence-electron chi connectivity index (χ0n) is 53.2.